The molecule has 4 saturated carbocycles. The number of amides is 1. The molecular formula is C14H21NO. The topological polar surface area (TPSA) is 29.1 Å². The van der Waals surface area contributed by atoms with E-state index in [1.165, 1.54) is 38.5 Å². The maximum Gasteiger partial charge on any atom is 0.220 e. The number of nitrogens with one attached hydrogen (secondary N) is 1. The van der Waals surface area contributed by atoms with Crippen LogP contribution < -0.4 is 5.32 Å². The van der Waals surface area contributed by atoms with Gasteiger partial charge >= 0.3 is 0 Å². The zero-order valence-electron chi connectivity index (χ0n) is 9.87. The second-order valence-electron chi connectivity index (χ2n) is 6.75. The summed E-state index contributed by atoms with van der Waals surface area (Å²) in [5.74, 6) is 4.00. The van der Waals surface area contributed by atoms with E-state index >= 15 is 0 Å². The molecule has 88 valence electrons. The number of rotatable bonds is 0. The zero-order valence-corrected chi connectivity index (χ0v) is 9.87. The molecule has 2 heteroatoms. The first-order valence-electron chi connectivity index (χ1n) is 7.07. The van der Waals surface area contributed by atoms with Crippen LogP contribution in [0.4, 0.5) is 0 Å². The van der Waals surface area contributed by atoms with Crippen LogP contribution in [0.25, 0.3) is 0 Å². The van der Waals surface area contributed by atoms with Gasteiger partial charge in [0.15, 0.2) is 0 Å². The summed E-state index contributed by atoms with van der Waals surface area (Å²) in [7, 11) is 0. The predicted octanol–water partition coefficient (Wildman–Crippen LogP) is 2.48. The molecule has 5 fully saturated rings. The van der Waals surface area contributed by atoms with E-state index in [4.69, 9.17) is 0 Å². The Balaban J connectivity index is 1.70. The molecule has 0 atom stereocenters. The lowest BCUT2D eigenvalue weighted by Crippen LogP contribution is -2.67. The third-order valence-corrected chi connectivity index (χ3v) is 5.96. The van der Waals surface area contributed by atoms with Gasteiger partial charge in [0.1, 0.15) is 0 Å². The maximum atomic E-state index is 11.7. The minimum absolute atomic E-state index is 0.253. The van der Waals surface area contributed by atoms with Crippen LogP contribution in [-0.4, -0.2) is 11.4 Å². The molecule has 1 N–H and O–H groups in total. The molecule has 4 bridgehead atoms. The van der Waals surface area contributed by atoms with Crippen molar-refractivity contribution in [3.8, 4) is 0 Å². The van der Waals surface area contributed by atoms with Crippen LogP contribution in [0.15, 0.2) is 0 Å². The molecule has 0 aromatic carbocycles. The van der Waals surface area contributed by atoms with Gasteiger partial charge in [0.2, 0.25) is 5.91 Å². The van der Waals surface area contributed by atoms with Gasteiger partial charge in [0, 0.05) is 12.0 Å². The Labute approximate surface area is 97.2 Å². The van der Waals surface area contributed by atoms with Crippen molar-refractivity contribution >= 4 is 5.91 Å². The predicted molar refractivity (Wildman–Crippen MR) is 61.8 cm³/mol. The van der Waals surface area contributed by atoms with Gasteiger partial charge in [0.25, 0.3) is 0 Å². The summed E-state index contributed by atoms with van der Waals surface area (Å²) in [6, 6.07) is 0. The lowest BCUT2D eigenvalue weighted by atomic mass is 9.47. The molecule has 1 aliphatic heterocycles. The van der Waals surface area contributed by atoms with Gasteiger partial charge in [-0.25, -0.2) is 0 Å². The Hall–Kier alpha value is -0.530. The molecule has 1 heterocycles. The SMILES string of the molecule is O=C1CCCC2(N1)C1CC3CC(C1)CC2C3. The monoisotopic (exact) mass is 219 g/mol. The smallest absolute Gasteiger partial charge is 0.220 e. The van der Waals surface area contributed by atoms with Crippen LogP contribution in [0.5, 0.6) is 0 Å². The molecule has 1 amide bonds. The minimum atomic E-state index is 0.253. The molecular weight excluding hydrogens is 198 g/mol. The average Bonchev–Trinajstić information content (AvgIpc) is 2.25. The second-order valence-corrected chi connectivity index (χ2v) is 6.75. The second kappa shape index (κ2) is 3.02. The Morgan fingerprint density at radius 2 is 1.62 bits per heavy atom. The average molecular weight is 219 g/mol. The Bertz CT molecular complexity index is 308. The fraction of sp³-hybridized carbons (Fsp3) is 0.929. The van der Waals surface area contributed by atoms with Gasteiger partial charge in [-0.05, 0) is 68.6 Å². The van der Waals surface area contributed by atoms with Crippen molar-refractivity contribution in [3.63, 3.8) is 0 Å². The highest BCUT2D eigenvalue weighted by molar-refractivity contribution is 5.77. The van der Waals surface area contributed by atoms with Crippen molar-refractivity contribution in [1.29, 1.82) is 0 Å². The van der Waals surface area contributed by atoms with Crippen LogP contribution >= 0.6 is 0 Å². The van der Waals surface area contributed by atoms with E-state index in [1.54, 1.807) is 0 Å². The summed E-state index contributed by atoms with van der Waals surface area (Å²) in [6.07, 6.45) is 10.3. The number of carbonyl (C=O) groups excluding carboxylic acids is 1. The lowest BCUT2D eigenvalue weighted by Gasteiger charge is -2.62. The largest absolute Gasteiger partial charge is 0.350 e. The van der Waals surface area contributed by atoms with Gasteiger partial charge < -0.3 is 5.32 Å². The van der Waals surface area contributed by atoms with Crippen molar-refractivity contribution in [1.82, 2.24) is 5.32 Å². The molecule has 1 spiro atoms. The Kier molecular flexibility index (Phi) is 1.79. The van der Waals surface area contributed by atoms with Crippen LogP contribution in [-0.2, 0) is 4.79 Å². The van der Waals surface area contributed by atoms with Gasteiger partial charge in [-0.1, -0.05) is 0 Å². The number of hydrogen-bond donors (Lipinski definition) is 1. The highest BCUT2D eigenvalue weighted by atomic mass is 16.1. The van der Waals surface area contributed by atoms with Crippen molar-refractivity contribution < 1.29 is 4.79 Å². The molecule has 0 aromatic heterocycles. The van der Waals surface area contributed by atoms with Crippen molar-refractivity contribution in [2.45, 2.75) is 56.9 Å². The van der Waals surface area contributed by atoms with Gasteiger partial charge in [-0.3, -0.25) is 4.79 Å². The van der Waals surface area contributed by atoms with Crippen LogP contribution in [0, 0.1) is 23.7 Å². The first-order valence-corrected chi connectivity index (χ1v) is 7.07. The van der Waals surface area contributed by atoms with E-state index < -0.39 is 0 Å². The molecule has 0 aromatic rings. The normalized spacial score (nSPS) is 54.4. The summed E-state index contributed by atoms with van der Waals surface area (Å²) in [5.41, 5.74) is 0.253. The van der Waals surface area contributed by atoms with Crippen molar-refractivity contribution in [3.05, 3.63) is 0 Å². The molecule has 5 aliphatic rings. The van der Waals surface area contributed by atoms with E-state index in [-0.39, 0.29) is 5.54 Å². The van der Waals surface area contributed by atoms with E-state index in [0.29, 0.717) is 5.91 Å². The number of piperidine rings is 1. The molecule has 2 nitrogen and oxygen atoms in total. The van der Waals surface area contributed by atoms with E-state index in [0.717, 1.165) is 36.5 Å². The highest BCUT2D eigenvalue weighted by Gasteiger charge is 2.58. The standard InChI is InChI=1S/C14H21NO/c16-13-2-1-3-14(15-13)11-5-9-4-10(7-11)8-12(14)6-9/h9-12H,1-8H2,(H,15,16). The third kappa shape index (κ3) is 1.11. The van der Waals surface area contributed by atoms with Crippen LogP contribution in [0.1, 0.15) is 51.4 Å². The summed E-state index contributed by atoms with van der Waals surface area (Å²) in [4.78, 5) is 11.7. The van der Waals surface area contributed by atoms with Crippen LogP contribution in [0.3, 0.4) is 0 Å². The van der Waals surface area contributed by atoms with Gasteiger partial charge in [0.05, 0.1) is 0 Å². The first-order chi connectivity index (χ1) is 7.76. The molecule has 1 saturated heterocycles. The molecule has 5 rings (SSSR count). The van der Waals surface area contributed by atoms with Gasteiger partial charge in [-0.15, -0.1) is 0 Å². The number of carbonyl (C=O) groups is 1. The Morgan fingerprint density at radius 1 is 1.00 bits per heavy atom. The fourth-order valence-electron chi connectivity index (χ4n) is 5.56. The maximum absolute atomic E-state index is 11.7. The fourth-order valence-corrected chi connectivity index (χ4v) is 5.56. The summed E-state index contributed by atoms with van der Waals surface area (Å²) in [6.45, 7) is 0. The molecule has 0 radical (unpaired) electrons. The summed E-state index contributed by atoms with van der Waals surface area (Å²) < 4.78 is 0. The van der Waals surface area contributed by atoms with Crippen LogP contribution in [0.2, 0.25) is 0 Å². The molecule has 4 aliphatic carbocycles. The third-order valence-electron chi connectivity index (χ3n) is 5.96. The van der Waals surface area contributed by atoms with E-state index in [2.05, 4.69) is 5.32 Å². The van der Waals surface area contributed by atoms with E-state index in [1.807, 2.05) is 0 Å². The molecule has 16 heavy (non-hydrogen) atoms. The molecule has 0 unspecified atom stereocenters. The van der Waals surface area contributed by atoms with Crippen molar-refractivity contribution in [2.24, 2.45) is 23.7 Å². The first kappa shape index (κ1) is 9.49. The Morgan fingerprint density at radius 3 is 2.19 bits per heavy atom. The van der Waals surface area contributed by atoms with E-state index in [9.17, 15) is 4.79 Å². The number of hydrogen-bond acceptors (Lipinski definition) is 1. The summed E-state index contributed by atoms with van der Waals surface area (Å²) in [5, 5.41) is 3.44. The lowest BCUT2D eigenvalue weighted by molar-refractivity contribution is -0.137. The zero-order chi connectivity index (χ0) is 10.8. The summed E-state index contributed by atoms with van der Waals surface area (Å²) >= 11 is 0. The quantitative estimate of drug-likeness (QED) is 0.666. The van der Waals surface area contributed by atoms with Crippen molar-refractivity contribution in [2.75, 3.05) is 0 Å². The highest BCUT2D eigenvalue weighted by Crippen LogP contribution is 2.60. The van der Waals surface area contributed by atoms with Gasteiger partial charge in [-0.2, -0.15) is 0 Å². The minimum Gasteiger partial charge on any atom is -0.350 e.